The number of aromatic amines is 1. The van der Waals surface area contributed by atoms with Crippen molar-refractivity contribution >= 4 is 15.8 Å². The molecule has 0 aliphatic heterocycles. The Bertz CT molecular complexity index is 1240. The number of hydrogen-bond donors (Lipinski definition) is 2. The highest BCUT2D eigenvalue weighted by Crippen LogP contribution is 2.49. The SMILES string of the molecule is Cc1cc(S(=O)(=O)Nc2ccncn2)c(F)cc1O[C@]1(C)CC(F)(F)CC[C@@H]1c1ccn[nH]1. The lowest BCUT2D eigenvalue weighted by molar-refractivity contribution is -0.116. The second kappa shape index (κ2) is 8.32. The maximum absolute atomic E-state index is 14.9. The molecule has 8 nitrogen and oxygen atoms in total. The Hall–Kier alpha value is -3.15. The van der Waals surface area contributed by atoms with E-state index in [9.17, 15) is 21.6 Å². The summed E-state index contributed by atoms with van der Waals surface area (Å²) in [4.78, 5) is 6.84. The number of rotatable bonds is 6. The van der Waals surface area contributed by atoms with Crippen molar-refractivity contribution < 1.29 is 26.3 Å². The lowest BCUT2D eigenvalue weighted by Crippen LogP contribution is -2.48. The molecule has 0 unspecified atom stereocenters. The van der Waals surface area contributed by atoms with Crippen LogP contribution in [0.1, 0.15) is 43.4 Å². The second-order valence-electron chi connectivity index (χ2n) is 8.30. The van der Waals surface area contributed by atoms with Gasteiger partial charge >= 0.3 is 0 Å². The molecule has 33 heavy (non-hydrogen) atoms. The van der Waals surface area contributed by atoms with Gasteiger partial charge in [0.25, 0.3) is 15.9 Å². The molecule has 3 aromatic rings. The van der Waals surface area contributed by atoms with E-state index in [1.165, 1.54) is 25.4 Å². The predicted molar refractivity (Wildman–Crippen MR) is 113 cm³/mol. The molecule has 0 radical (unpaired) electrons. The van der Waals surface area contributed by atoms with Gasteiger partial charge in [-0.05, 0) is 44.0 Å². The fourth-order valence-corrected chi connectivity index (χ4v) is 5.34. The van der Waals surface area contributed by atoms with Crippen LogP contribution in [0.5, 0.6) is 5.75 Å². The maximum Gasteiger partial charge on any atom is 0.265 e. The third-order valence-corrected chi connectivity index (χ3v) is 7.10. The Morgan fingerprint density at radius 1 is 1.24 bits per heavy atom. The Kier molecular flexibility index (Phi) is 5.81. The van der Waals surface area contributed by atoms with Crippen molar-refractivity contribution in [3.63, 3.8) is 0 Å². The first-order chi connectivity index (χ1) is 15.5. The normalized spacial score (nSPS) is 22.6. The van der Waals surface area contributed by atoms with Crippen LogP contribution in [0.2, 0.25) is 0 Å². The van der Waals surface area contributed by atoms with Crippen LogP contribution in [-0.2, 0) is 10.0 Å². The van der Waals surface area contributed by atoms with Crippen LogP contribution >= 0.6 is 0 Å². The standard InChI is InChI=1S/C21H22F3N5O3S/c1-13-9-18(33(30,31)29-19-5-7-25-12-26-19)15(22)10-17(13)32-20(2)11-21(23,24)6-3-14(20)16-4-8-27-28-16/h4-5,7-10,12,14H,3,6,11H2,1-2H3,(H,27,28)(H,25,26,29)/t14-,20-/m1/s1. The van der Waals surface area contributed by atoms with Gasteiger partial charge in [0, 0.05) is 36.5 Å². The van der Waals surface area contributed by atoms with Crippen LogP contribution in [0.4, 0.5) is 19.0 Å². The zero-order chi connectivity index (χ0) is 23.9. The summed E-state index contributed by atoms with van der Waals surface area (Å²) in [5.74, 6) is -4.52. The number of hydrogen-bond acceptors (Lipinski definition) is 6. The molecule has 1 aromatic carbocycles. The minimum absolute atomic E-state index is 0.0156. The van der Waals surface area contributed by atoms with Crippen LogP contribution in [0.25, 0.3) is 0 Å². The number of halogens is 3. The minimum Gasteiger partial charge on any atom is -0.486 e. The fourth-order valence-electron chi connectivity index (χ4n) is 4.19. The van der Waals surface area contributed by atoms with E-state index in [0.717, 1.165) is 18.5 Å². The summed E-state index contributed by atoms with van der Waals surface area (Å²) in [5.41, 5.74) is -0.470. The van der Waals surface area contributed by atoms with Gasteiger partial charge < -0.3 is 4.74 Å². The number of alkyl halides is 2. The van der Waals surface area contributed by atoms with Gasteiger partial charge in [-0.1, -0.05) is 0 Å². The summed E-state index contributed by atoms with van der Waals surface area (Å²) in [6, 6.07) is 5.02. The third kappa shape index (κ3) is 4.80. The number of anilines is 1. The Morgan fingerprint density at radius 2 is 2.03 bits per heavy atom. The van der Waals surface area contributed by atoms with E-state index in [2.05, 4.69) is 24.9 Å². The summed E-state index contributed by atoms with van der Waals surface area (Å²) in [6.07, 6.45) is 3.25. The zero-order valence-electron chi connectivity index (χ0n) is 17.8. The van der Waals surface area contributed by atoms with E-state index in [4.69, 9.17) is 4.74 Å². The Balaban J connectivity index is 1.66. The second-order valence-corrected chi connectivity index (χ2v) is 9.95. The monoisotopic (exact) mass is 481 g/mol. The summed E-state index contributed by atoms with van der Waals surface area (Å²) in [6.45, 7) is 3.07. The highest BCUT2D eigenvalue weighted by Gasteiger charge is 2.51. The van der Waals surface area contributed by atoms with Gasteiger partial charge in [-0.3, -0.25) is 9.82 Å². The summed E-state index contributed by atoms with van der Waals surface area (Å²) in [7, 11) is -4.30. The molecule has 176 valence electrons. The van der Waals surface area contributed by atoms with E-state index >= 15 is 0 Å². The van der Waals surface area contributed by atoms with Crippen molar-refractivity contribution in [1.82, 2.24) is 20.2 Å². The molecule has 0 spiro atoms. The summed E-state index contributed by atoms with van der Waals surface area (Å²) >= 11 is 0. The first kappa shape index (κ1) is 23.0. The van der Waals surface area contributed by atoms with Crippen LogP contribution in [0.15, 0.2) is 47.9 Å². The molecule has 1 fully saturated rings. The zero-order valence-corrected chi connectivity index (χ0v) is 18.7. The first-order valence-corrected chi connectivity index (χ1v) is 11.6. The highest BCUT2D eigenvalue weighted by molar-refractivity contribution is 7.92. The smallest absolute Gasteiger partial charge is 0.265 e. The molecule has 4 rings (SSSR count). The van der Waals surface area contributed by atoms with Crippen molar-refractivity contribution in [3.05, 3.63) is 60.1 Å². The number of nitrogens with one attached hydrogen (secondary N) is 2. The van der Waals surface area contributed by atoms with Crippen LogP contribution in [0, 0.1) is 12.7 Å². The van der Waals surface area contributed by atoms with Crippen molar-refractivity contribution in [1.29, 1.82) is 0 Å². The molecule has 2 atom stereocenters. The summed E-state index contributed by atoms with van der Waals surface area (Å²) < 4.78 is 77.2. The topological polar surface area (TPSA) is 110 Å². The molecule has 2 aromatic heterocycles. The highest BCUT2D eigenvalue weighted by atomic mass is 32.2. The van der Waals surface area contributed by atoms with Crippen molar-refractivity contribution in [2.75, 3.05) is 4.72 Å². The van der Waals surface area contributed by atoms with Gasteiger partial charge in [-0.2, -0.15) is 5.10 Å². The number of aromatic nitrogens is 4. The number of nitrogens with zero attached hydrogens (tertiary/aromatic N) is 3. The van der Waals surface area contributed by atoms with Crippen molar-refractivity contribution in [2.45, 2.75) is 55.4 Å². The largest absolute Gasteiger partial charge is 0.486 e. The predicted octanol–water partition coefficient (Wildman–Crippen LogP) is 4.19. The van der Waals surface area contributed by atoms with E-state index in [0.29, 0.717) is 5.69 Å². The van der Waals surface area contributed by atoms with E-state index in [1.54, 1.807) is 13.0 Å². The molecular weight excluding hydrogens is 459 g/mol. The molecule has 1 aliphatic rings. The molecule has 2 heterocycles. The molecule has 2 N–H and O–H groups in total. The van der Waals surface area contributed by atoms with Gasteiger partial charge in [0.05, 0.1) is 6.42 Å². The fraction of sp³-hybridized carbons (Fsp3) is 0.381. The Labute approximate surface area is 188 Å². The average molecular weight is 482 g/mol. The molecule has 1 aliphatic carbocycles. The van der Waals surface area contributed by atoms with Crippen LogP contribution in [0.3, 0.4) is 0 Å². The average Bonchev–Trinajstić information content (AvgIpc) is 3.24. The minimum atomic E-state index is -4.30. The van der Waals surface area contributed by atoms with E-state index in [1.807, 2.05) is 0 Å². The number of H-pyrrole nitrogens is 1. The van der Waals surface area contributed by atoms with E-state index < -0.39 is 44.6 Å². The third-order valence-electron chi connectivity index (χ3n) is 5.73. The number of sulfonamides is 1. The first-order valence-electron chi connectivity index (χ1n) is 10.1. The van der Waals surface area contributed by atoms with Crippen LogP contribution < -0.4 is 9.46 Å². The molecule has 0 amide bonds. The summed E-state index contributed by atoms with van der Waals surface area (Å²) in [5, 5.41) is 6.71. The van der Waals surface area contributed by atoms with Gasteiger partial charge in [0.2, 0.25) is 0 Å². The van der Waals surface area contributed by atoms with E-state index in [-0.39, 0.29) is 30.0 Å². The Morgan fingerprint density at radius 3 is 2.70 bits per heavy atom. The molecule has 12 heteroatoms. The maximum atomic E-state index is 14.9. The molecule has 0 bridgehead atoms. The molecule has 1 saturated carbocycles. The number of benzene rings is 1. The van der Waals surface area contributed by atoms with Gasteiger partial charge in [-0.15, -0.1) is 0 Å². The van der Waals surface area contributed by atoms with Crippen molar-refractivity contribution in [3.8, 4) is 5.75 Å². The lowest BCUT2D eigenvalue weighted by Gasteiger charge is -2.44. The number of aryl methyl sites for hydroxylation is 1. The van der Waals surface area contributed by atoms with Gasteiger partial charge in [0.1, 0.15) is 34.2 Å². The lowest BCUT2D eigenvalue weighted by atomic mass is 9.73. The van der Waals surface area contributed by atoms with Gasteiger partial charge in [-0.25, -0.2) is 31.6 Å². The van der Waals surface area contributed by atoms with Gasteiger partial charge in [0.15, 0.2) is 0 Å². The molecular formula is C21H22F3N5O3S. The van der Waals surface area contributed by atoms with Crippen LogP contribution in [-0.4, -0.2) is 40.1 Å². The molecule has 0 saturated heterocycles. The quantitative estimate of drug-likeness (QED) is 0.546. The number of ether oxygens (including phenoxy) is 1. The van der Waals surface area contributed by atoms with Crippen molar-refractivity contribution in [2.24, 2.45) is 0 Å².